The topological polar surface area (TPSA) is 16.4 Å². The molecule has 0 saturated heterocycles. The van der Waals surface area contributed by atoms with Gasteiger partial charge in [-0.3, -0.25) is 0 Å². The fraction of sp³-hybridized carbons (Fsp3) is 0.0149. The van der Waals surface area contributed by atoms with E-state index in [0.29, 0.717) is 0 Å². The lowest BCUT2D eigenvalue weighted by atomic mass is 9.70. The van der Waals surface area contributed by atoms with Crippen LogP contribution in [0, 0.1) is 0 Å². The van der Waals surface area contributed by atoms with E-state index < -0.39 is 5.41 Å². The third-order valence-electron chi connectivity index (χ3n) is 15.3. The maximum absolute atomic E-state index is 6.25. The second-order valence-corrected chi connectivity index (χ2v) is 18.6. The molecule has 0 saturated carbocycles. The van der Waals surface area contributed by atoms with Crippen LogP contribution in [0.5, 0.6) is 0 Å². The summed E-state index contributed by atoms with van der Waals surface area (Å²) in [4.78, 5) is 2.51. The van der Waals surface area contributed by atoms with Crippen LogP contribution in [-0.2, 0) is 5.41 Å². The lowest BCUT2D eigenvalue weighted by molar-refractivity contribution is 0.669. The molecule has 0 fully saturated rings. The Morgan fingerprint density at radius 2 is 0.710 bits per heavy atom. The zero-order valence-corrected chi connectivity index (χ0v) is 37.5. The van der Waals surface area contributed by atoms with Crippen LogP contribution in [0.15, 0.2) is 253 Å². The Kier molecular flexibility index (Phi) is 8.02. The van der Waals surface area contributed by atoms with Crippen molar-refractivity contribution < 1.29 is 4.42 Å². The van der Waals surface area contributed by atoms with Gasteiger partial charge in [-0.25, -0.2) is 0 Å². The van der Waals surface area contributed by atoms with E-state index in [2.05, 4.69) is 241 Å². The number of para-hydroxylation sites is 1. The zero-order chi connectivity index (χ0) is 45.2. The van der Waals surface area contributed by atoms with Crippen molar-refractivity contribution in [2.75, 3.05) is 4.90 Å². The number of anilines is 3. The van der Waals surface area contributed by atoms with Gasteiger partial charge in [-0.2, -0.15) is 0 Å². The average Bonchev–Trinajstić information content (AvgIpc) is 4.06. The van der Waals surface area contributed by atoms with E-state index in [0.717, 1.165) is 44.6 Å². The first-order valence-corrected chi connectivity index (χ1v) is 23.9. The molecule has 1 spiro atoms. The van der Waals surface area contributed by atoms with E-state index in [4.69, 9.17) is 4.42 Å². The second kappa shape index (κ2) is 14.5. The molecule has 12 aromatic carbocycles. The van der Waals surface area contributed by atoms with Crippen molar-refractivity contribution in [3.63, 3.8) is 0 Å². The van der Waals surface area contributed by atoms with Gasteiger partial charge in [0.15, 0.2) is 0 Å². The quantitative estimate of drug-likeness (QED) is 0.160. The zero-order valence-electron chi connectivity index (χ0n) is 37.5. The predicted octanol–water partition coefficient (Wildman–Crippen LogP) is 18.2. The Hall–Kier alpha value is -8.98. The first-order chi connectivity index (χ1) is 34.2. The highest BCUT2D eigenvalue weighted by molar-refractivity contribution is 6.29. The third-order valence-corrected chi connectivity index (χ3v) is 15.3. The van der Waals surface area contributed by atoms with Gasteiger partial charge in [0.25, 0.3) is 0 Å². The minimum absolute atomic E-state index is 0.464. The minimum Gasteiger partial charge on any atom is -0.456 e. The summed E-state index contributed by atoms with van der Waals surface area (Å²) in [6.45, 7) is 0. The van der Waals surface area contributed by atoms with E-state index in [1.165, 1.54) is 93.5 Å². The molecule has 0 aliphatic heterocycles. The Morgan fingerprint density at radius 3 is 1.35 bits per heavy atom. The first-order valence-electron chi connectivity index (χ1n) is 23.9. The van der Waals surface area contributed by atoms with E-state index >= 15 is 0 Å². The highest BCUT2D eigenvalue weighted by Crippen LogP contribution is 2.63. The number of benzene rings is 12. The summed E-state index contributed by atoms with van der Waals surface area (Å²) in [7, 11) is 0. The minimum atomic E-state index is -0.464. The second-order valence-electron chi connectivity index (χ2n) is 18.6. The molecule has 320 valence electrons. The third kappa shape index (κ3) is 5.31. The van der Waals surface area contributed by atoms with Gasteiger partial charge in [-0.1, -0.05) is 206 Å². The van der Waals surface area contributed by atoms with Crippen molar-refractivity contribution in [1.29, 1.82) is 0 Å². The molecule has 2 aliphatic carbocycles. The molecular weight excluding hydrogens is 835 g/mol. The van der Waals surface area contributed by atoms with Gasteiger partial charge in [0, 0.05) is 27.5 Å². The number of hydrogen-bond donors (Lipinski definition) is 0. The van der Waals surface area contributed by atoms with E-state index in [9.17, 15) is 0 Å². The van der Waals surface area contributed by atoms with Gasteiger partial charge in [0.05, 0.1) is 11.1 Å². The summed E-state index contributed by atoms with van der Waals surface area (Å²) in [6.07, 6.45) is 0. The van der Waals surface area contributed by atoms with Crippen molar-refractivity contribution >= 4 is 71.3 Å². The summed E-state index contributed by atoms with van der Waals surface area (Å²) in [5.74, 6) is 0. The smallest absolute Gasteiger partial charge is 0.136 e. The van der Waals surface area contributed by atoms with Crippen LogP contribution in [0.2, 0.25) is 0 Å². The molecule has 15 rings (SSSR count). The summed E-state index contributed by atoms with van der Waals surface area (Å²) in [5.41, 5.74) is 19.9. The highest BCUT2D eigenvalue weighted by atomic mass is 16.3. The van der Waals surface area contributed by atoms with Gasteiger partial charge < -0.3 is 9.32 Å². The lowest BCUT2D eigenvalue weighted by Gasteiger charge is -2.32. The van der Waals surface area contributed by atoms with Crippen LogP contribution in [0.3, 0.4) is 0 Å². The van der Waals surface area contributed by atoms with Crippen molar-refractivity contribution in [3.8, 4) is 44.5 Å². The molecule has 1 aromatic heterocycles. The van der Waals surface area contributed by atoms with Crippen molar-refractivity contribution in [2.24, 2.45) is 0 Å². The maximum Gasteiger partial charge on any atom is 0.136 e. The fourth-order valence-corrected chi connectivity index (χ4v) is 12.4. The SMILES string of the molecule is c1ccc2c(c1)-c1ccccc1C21c2ccccc2-c2ccc(N(c3ccc(-c4ccc(-c5cccc6oc7ccccc7c56)cc4)cc3)c3cccc4c5ccccc5c5ccccc5c34)cc21. The number of fused-ring (bicyclic) bond motifs is 19. The lowest BCUT2D eigenvalue weighted by Crippen LogP contribution is -2.26. The molecule has 69 heavy (non-hydrogen) atoms. The van der Waals surface area contributed by atoms with Crippen LogP contribution in [0.1, 0.15) is 22.3 Å². The molecular formula is C67H41NO. The van der Waals surface area contributed by atoms with Gasteiger partial charge in [-0.05, 0) is 136 Å². The number of furan rings is 1. The highest BCUT2D eigenvalue weighted by Gasteiger charge is 2.51. The van der Waals surface area contributed by atoms with Crippen molar-refractivity contribution in [3.05, 3.63) is 271 Å². The van der Waals surface area contributed by atoms with Crippen LogP contribution in [0.25, 0.3) is 98.8 Å². The molecule has 2 heteroatoms. The van der Waals surface area contributed by atoms with Gasteiger partial charge in [0.1, 0.15) is 11.2 Å². The average molecular weight is 876 g/mol. The molecule has 0 radical (unpaired) electrons. The van der Waals surface area contributed by atoms with E-state index in [-0.39, 0.29) is 0 Å². The Morgan fingerprint density at radius 1 is 0.275 bits per heavy atom. The van der Waals surface area contributed by atoms with Crippen LogP contribution >= 0.6 is 0 Å². The van der Waals surface area contributed by atoms with Crippen molar-refractivity contribution in [1.82, 2.24) is 0 Å². The predicted molar refractivity (Wildman–Crippen MR) is 288 cm³/mol. The summed E-state index contributed by atoms with van der Waals surface area (Å²) >= 11 is 0. The standard InChI is InChI=1S/C67H41NO/c1-2-16-50-48(15-1)49-17-3-4-21-55(49)65-56(50)24-13-28-62(65)68(45-37-35-43(36-38-45)42-31-33-44(34-32-42)47-23-14-30-64-66(47)57-22-8-12-29-63(57)69-64)46-39-40-54-53-20-7-11-27-60(53)67(61(54)41-46)58-25-9-5-18-51(58)52-19-6-10-26-59(52)67/h1-41H. The van der Waals surface area contributed by atoms with E-state index in [1.807, 2.05) is 12.1 Å². The maximum atomic E-state index is 6.25. The van der Waals surface area contributed by atoms with E-state index in [1.54, 1.807) is 0 Å². The summed E-state index contributed by atoms with van der Waals surface area (Å²) in [6, 6.07) is 92.0. The summed E-state index contributed by atoms with van der Waals surface area (Å²) in [5, 5.41) is 9.80. The fourth-order valence-electron chi connectivity index (χ4n) is 12.4. The largest absolute Gasteiger partial charge is 0.456 e. The van der Waals surface area contributed by atoms with Crippen LogP contribution < -0.4 is 4.90 Å². The Balaban J connectivity index is 0.930. The normalized spacial score (nSPS) is 13.0. The molecule has 0 bridgehead atoms. The van der Waals surface area contributed by atoms with Crippen LogP contribution in [-0.4, -0.2) is 0 Å². The molecule has 0 unspecified atom stereocenters. The molecule has 2 nitrogen and oxygen atoms in total. The van der Waals surface area contributed by atoms with Crippen molar-refractivity contribution in [2.45, 2.75) is 5.41 Å². The van der Waals surface area contributed by atoms with Crippen LogP contribution in [0.4, 0.5) is 17.1 Å². The molecule has 0 atom stereocenters. The molecule has 1 heterocycles. The Bertz CT molecular complexity index is 4140. The molecule has 0 amide bonds. The summed E-state index contributed by atoms with van der Waals surface area (Å²) < 4.78 is 6.25. The molecule has 13 aromatic rings. The number of hydrogen-bond acceptors (Lipinski definition) is 2. The number of rotatable bonds is 5. The number of nitrogens with zero attached hydrogens (tertiary/aromatic N) is 1. The van der Waals surface area contributed by atoms with Gasteiger partial charge in [0.2, 0.25) is 0 Å². The molecule has 0 N–H and O–H groups in total. The Labute approximate surface area is 399 Å². The van der Waals surface area contributed by atoms with Gasteiger partial charge in [-0.15, -0.1) is 0 Å². The monoisotopic (exact) mass is 875 g/mol. The first kappa shape index (κ1) is 38.2. The molecule has 2 aliphatic rings. The van der Waals surface area contributed by atoms with Gasteiger partial charge >= 0.3 is 0 Å².